The number of aliphatic carboxylic acids is 1. The first-order valence-electron chi connectivity index (χ1n) is 30.7. The Hall–Kier alpha value is -9.58. The summed E-state index contributed by atoms with van der Waals surface area (Å²) < 4.78 is 0. The van der Waals surface area contributed by atoms with Gasteiger partial charge >= 0.3 is 5.97 Å². The van der Waals surface area contributed by atoms with Crippen LogP contribution in [0.5, 0.6) is 11.5 Å². The lowest BCUT2D eigenvalue weighted by Crippen LogP contribution is -2.66. The maximum absolute atomic E-state index is 14.4. The molecule has 0 radical (unpaired) electrons. The number of guanidine groups is 1. The number of benzene rings is 1. The fourth-order valence-corrected chi connectivity index (χ4v) is 10.2. The van der Waals surface area contributed by atoms with Crippen molar-refractivity contribution in [1.82, 2.24) is 68.6 Å². The van der Waals surface area contributed by atoms with Crippen LogP contribution < -0.4 is 80.6 Å². The summed E-state index contributed by atoms with van der Waals surface area (Å²) in [5, 5.41) is 120. The summed E-state index contributed by atoms with van der Waals surface area (Å²) >= 11 is 0. The molecule has 3 aliphatic rings. The molecule has 0 saturated carbocycles. The summed E-state index contributed by atoms with van der Waals surface area (Å²) in [6.07, 6.45) is -4.98. The molecule has 0 spiro atoms. The Bertz CT molecular complexity index is 2990. The average Bonchev–Trinajstić information content (AvgIpc) is 0.750. The number of aromatic hydroxyl groups is 2. The summed E-state index contributed by atoms with van der Waals surface area (Å²) in [6.45, 7) is -0.946. The number of carbonyl (C=O) groups excluding carboxylic acids is 12. The van der Waals surface area contributed by atoms with Crippen molar-refractivity contribution in [2.75, 3.05) is 50.8 Å². The van der Waals surface area contributed by atoms with Gasteiger partial charge in [-0.05, 0) is 103 Å². The molecular weight excluding hydrogens is 1280 g/mol. The smallest absolute Gasteiger partial charge is 0.320 e. The maximum Gasteiger partial charge on any atom is 0.320 e. The molecule has 0 aliphatic carbocycles. The van der Waals surface area contributed by atoms with Gasteiger partial charge in [0.1, 0.15) is 66.6 Å². The molecule has 0 aromatic heterocycles. The summed E-state index contributed by atoms with van der Waals surface area (Å²) in [4.78, 5) is 178. The Labute approximate surface area is 548 Å². The molecule has 13 unspecified atom stereocenters. The van der Waals surface area contributed by atoms with Gasteiger partial charge in [-0.3, -0.25) is 83.1 Å². The van der Waals surface area contributed by atoms with Crippen molar-refractivity contribution >= 4 is 95.6 Å². The van der Waals surface area contributed by atoms with E-state index in [-0.39, 0.29) is 143 Å². The van der Waals surface area contributed by atoms with Crippen LogP contribution in [0.1, 0.15) is 96.5 Å². The van der Waals surface area contributed by atoms with Crippen molar-refractivity contribution in [1.29, 1.82) is 0 Å². The summed E-state index contributed by atoms with van der Waals surface area (Å²) in [7, 11) is 0. The highest BCUT2D eigenvalue weighted by atomic mass is 16.5. The zero-order valence-corrected chi connectivity index (χ0v) is 52.7. The number of carboxylic acid groups (broad SMARTS) is 1. The number of nitrogens with one attached hydrogen (secondary N) is 11. The van der Waals surface area contributed by atoms with Crippen molar-refractivity contribution in [3.8, 4) is 11.5 Å². The van der Waals surface area contributed by atoms with E-state index in [0.29, 0.717) is 0 Å². The van der Waals surface area contributed by atoms with E-state index in [4.69, 9.17) is 17.2 Å². The van der Waals surface area contributed by atoms with Gasteiger partial charge in [-0.2, -0.15) is 0 Å². The van der Waals surface area contributed by atoms with E-state index in [0.717, 1.165) is 19.1 Å². The third-order valence-electron chi connectivity index (χ3n) is 15.4. The number of amides is 12. The van der Waals surface area contributed by atoms with Crippen LogP contribution in [0.3, 0.4) is 0 Å². The van der Waals surface area contributed by atoms with Crippen molar-refractivity contribution < 1.29 is 108 Å². The van der Waals surface area contributed by atoms with E-state index in [2.05, 4.69) is 63.5 Å². The van der Waals surface area contributed by atoms with Crippen LogP contribution in [0, 0.1) is 0 Å². The lowest BCUT2D eigenvalue weighted by atomic mass is 9.96. The maximum atomic E-state index is 14.4. The SMILES string of the molecule is CC(O)C1NC(=O)C(CCCN(O)C=O)NC(=O)C(NC(=O)C(CCCN(O)C=O)NC(=O)C(CO)NC(=O)C(CCCN=C(N)N)NC(=O)C(CO)NC(=O)C2CCNC3C(NC(=O)CCC(N)C(=O)O)=Cc4cc(O)c(O)cc4N23)CCCCNC(=O)C(C(C)O)NC1=O. The molecular formula is C56H88N18O22. The molecule has 40 nitrogen and oxygen atoms in total. The predicted octanol–water partition coefficient (Wildman–Crippen LogP) is -9.51. The Balaban J connectivity index is 1.61. The predicted molar refractivity (Wildman–Crippen MR) is 331 cm³/mol. The Morgan fingerprint density at radius 1 is 0.708 bits per heavy atom. The van der Waals surface area contributed by atoms with Crippen molar-refractivity contribution in [3.63, 3.8) is 0 Å². The molecule has 534 valence electrons. The van der Waals surface area contributed by atoms with E-state index in [1.165, 1.54) is 17.9 Å². The van der Waals surface area contributed by atoms with Gasteiger partial charge in [0.15, 0.2) is 17.5 Å². The molecule has 4 rings (SSSR count). The quantitative estimate of drug-likeness (QED) is 0.00591. The number of hydrogen-bond donors (Lipinski definition) is 23. The van der Waals surface area contributed by atoms with Crippen LogP contribution in [-0.4, -0.2) is 265 Å². The van der Waals surface area contributed by atoms with Crippen LogP contribution in [0.25, 0.3) is 6.08 Å². The number of aliphatic hydroxyl groups excluding tert-OH is 4. The molecule has 0 bridgehead atoms. The monoisotopic (exact) mass is 1360 g/mol. The Morgan fingerprint density at radius 3 is 1.88 bits per heavy atom. The van der Waals surface area contributed by atoms with Gasteiger partial charge in [0.2, 0.25) is 71.9 Å². The minimum Gasteiger partial charge on any atom is -0.504 e. The van der Waals surface area contributed by atoms with Crippen molar-refractivity contribution in [2.45, 2.75) is 170 Å². The number of fused-ring (bicyclic) bond motifs is 3. The number of aliphatic hydroxyl groups is 4. The molecule has 96 heavy (non-hydrogen) atoms. The third-order valence-corrected chi connectivity index (χ3v) is 15.4. The van der Waals surface area contributed by atoms with Gasteiger partial charge in [0.25, 0.3) is 0 Å². The Morgan fingerprint density at radius 2 is 1.27 bits per heavy atom. The van der Waals surface area contributed by atoms with E-state index < -0.39 is 182 Å². The number of aliphatic imine (C=N–C) groups is 1. The molecule has 12 amide bonds. The number of nitrogens with two attached hydrogens (primary N) is 3. The largest absolute Gasteiger partial charge is 0.504 e. The molecule has 26 N–H and O–H groups in total. The highest BCUT2D eigenvalue weighted by molar-refractivity contribution is 5.99. The highest BCUT2D eigenvalue weighted by Gasteiger charge is 2.43. The number of rotatable bonds is 33. The Kier molecular flexibility index (Phi) is 31.8. The zero-order valence-electron chi connectivity index (χ0n) is 52.7. The first-order chi connectivity index (χ1) is 45.4. The second-order valence-corrected chi connectivity index (χ2v) is 22.8. The minimum atomic E-state index is -1.97. The topological polar surface area (TPSA) is 636 Å². The molecule has 3 heterocycles. The molecule has 13 atom stereocenters. The number of carboxylic acids is 1. The van der Waals surface area contributed by atoms with Gasteiger partial charge in [-0.1, -0.05) is 0 Å². The van der Waals surface area contributed by atoms with Gasteiger partial charge in [-0.25, -0.2) is 10.1 Å². The van der Waals surface area contributed by atoms with Gasteiger partial charge in [0, 0.05) is 44.2 Å². The number of hydroxylamine groups is 4. The van der Waals surface area contributed by atoms with E-state index in [9.17, 15) is 108 Å². The zero-order chi connectivity index (χ0) is 71.5. The van der Waals surface area contributed by atoms with Crippen LogP contribution in [-0.2, 0) is 62.3 Å². The van der Waals surface area contributed by atoms with Crippen molar-refractivity contribution in [3.05, 3.63) is 23.4 Å². The van der Waals surface area contributed by atoms with Crippen LogP contribution in [0.15, 0.2) is 22.8 Å². The lowest BCUT2D eigenvalue weighted by Gasteiger charge is -2.47. The van der Waals surface area contributed by atoms with Crippen LogP contribution >= 0.6 is 0 Å². The van der Waals surface area contributed by atoms with E-state index in [1.807, 2.05) is 0 Å². The number of phenols is 2. The minimum absolute atomic E-state index is 0.0163. The fraction of sp³-hybridized carbons (Fsp3) is 0.607. The fourth-order valence-electron chi connectivity index (χ4n) is 10.2. The number of phenolic OH excluding ortho intramolecular Hbond substituents is 2. The highest BCUT2D eigenvalue weighted by Crippen LogP contribution is 2.41. The van der Waals surface area contributed by atoms with E-state index >= 15 is 0 Å². The summed E-state index contributed by atoms with van der Waals surface area (Å²) in [5.41, 5.74) is 17.0. The van der Waals surface area contributed by atoms with Gasteiger partial charge in [-0.15, -0.1) is 0 Å². The van der Waals surface area contributed by atoms with E-state index in [1.54, 1.807) is 0 Å². The van der Waals surface area contributed by atoms with Gasteiger partial charge < -0.3 is 111 Å². The lowest BCUT2D eigenvalue weighted by molar-refractivity contribution is -0.150. The number of nitrogens with zero attached hydrogens (tertiary/aromatic N) is 4. The summed E-state index contributed by atoms with van der Waals surface area (Å²) in [6, 6.07) is -14.2. The number of hydrogen-bond acceptors (Lipinski definition) is 25. The number of carbonyl (C=O) groups is 13. The second-order valence-electron chi connectivity index (χ2n) is 22.8. The first-order valence-corrected chi connectivity index (χ1v) is 30.7. The molecule has 3 aliphatic heterocycles. The second kappa shape index (κ2) is 38.7. The van der Waals surface area contributed by atoms with Crippen molar-refractivity contribution in [2.24, 2.45) is 22.2 Å². The normalized spacial score (nSPS) is 21.3. The molecule has 2 fully saturated rings. The third kappa shape index (κ3) is 24.0. The standard InChI is InChI=1S/C56H88N18O22/c1-27(79)43-53(91)61-15-4-3-8-31(46(84)65-34(11-7-19-73(96)26-78)49(87)70-44(28(2)80)54(92)71-43)64-47(85)33(10-6-18-72(95)25-77)67-50(88)36(23-75)68-48(86)32(9-5-16-62-56(58)59)66-51(89)37(24-76)69-52(90)38-14-17-60-45-35(63-42(83)13-12-30(57)55(93)94)20-29-21-40(81)41(82)22-39(29)74(38)45/h20-22,25-28,30-34,36-38,43-45,60,75-76,79-82,95-96H,3-19,23-24,57H2,1-2H3,(H,61,91)(H,63,83)(H,64,85)(H,65,84)(H,66,89)(H,67,88)(H,68,86)(H,69,90)(H,70,87)(H,71,92)(H,93,94)(H4,58,59,62). The molecule has 2 saturated heterocycles. The van der Waals surface area contributed by atoms with Gasteiger partial charge in [0.05, 0.1) is 36.8 Å². The molecule has 1 aromatic rings. The average molecular weight is 1370 g/mol. The first kappa shape index (κ1) is 78.9. The molecule has 40 heteroatoms. The number of anilines is 1. The molecule has 1 aromatic carbocycles. The summed E-state index contributed by atoms with van der Waals surface area (Å²) in [5.74, 6) is -13.4. The van der Waals surface area contributed by atoms with Crippen LogP contribution in [0.2, 0.25) is 0 Å². The van der Waals surface area contributed by atoms with Crippen LogP contribution in [0.4, 0.5) is 5.69 Å².